The van der Waals surface area contributed by atoms with E-state index in [0.717, 1.165) is 18.8 Å². The Balaban J connectivity index is 2.29. The molecule has 6 heteroatoms. The topological polar surface area (TPSA) is 89.6 Å². The highest BCUT2D eigenvalue weighted by atomic mass is 16.1. The van der Waals surface area contributed by atoms with Crippen molar-refractivity contribution in [2.24, 2.45) is 5.73 Å². The van der Waals surface area contributed by atoms with Gasteiger partial charge in [-0.1, -0.05) is 6.92 Å². The molecule has 0 aliphatic heterocycles. The SMILES string of the molecule is CCCn1ccnc1C(N)c1ccc(=O)[nH]n1. The van der Waals surface area contributed by atoms with Crippen molar-refractivity contribution in [3.63, 3.8) is 0 Å². The van der Waals surface area contributed by atoms with Crippen LogP contribution in [0.5, 0.6) is 0 Å². The zero-order valence-corrected chi connectivity index (χ0v) is 9.63. The Hall–Kier alpha value is -1.95. The smallest absolute Gasteiger partial charge is 0.264 e. The van der Waals surface area contributed by atoms with E-state index in [9.17, 15) is 4.79 Å². The van der Waals surface area contributed by atoms with Gasteiger partial charge in [0.2, 0.25) is 0 Å². The van der Waals surface area contributed by atoms with Crippen molar-refractivity contribution < 1.29 is 0 Å². The molecule has 3 N–H and O–H groups in total. The van der Waals surface area contributed by atoms with Gasteiger partial charge in [0.05, 0.1) is 5.69 Å². The van der Waals surface area contributed by atoms with E-state index in [1.165, 1.54) is 6.07 Å². The van der Waals surface area contributed by atoms with Gasteiger partial charge in [0.1, 0.15) is 11.9 Å². The Labute approximate surface area is 98.5 Å². The summed E-state index contributed by atoms with van der Waals surface area (Å²) in [6, 6.07) is 2.61. The number of H-pyrrole nitrogens is 1. The third kappa shape index (κ3) is 2.42. The molecule has 0 spiro atoms. The summed E-state index contributed by atoms with van der Waals surface area (Å²) in [6.07, 6.45) is 4.62. The minimum atomic E-state index is -0.423. The van der Waals surface area contributed by atoms with Crippen molar-refractivity contribution in [1.82, 2.24) is 19.7 Å². The predicted octanol–water partition coefficient (Wildman–Crippen LogP) is 0.425. The number of imidazole rings is 1. The lowest BCUT2D eigenvalue weighted by molar-refractivity contribution is 0.603. The van der Waals surface area contributed by atoms with Gasteiger partial charge >= 0.3 is 0 Å². The maximum Gasteiger partial charge on any atom is 0.264 e. The summed E-state index contributed by atoms with van der Waals surface area (Å²) in [5.74, 6) is 0.756. The van der Waals surface area contributed by atoms with E-state index < -0.39 is 6.04 Å². The van der Waals surface area contributed by atoms with Crippen molar-refractivity contribution in [1.29, 1.82) is 0 Å². The Morgan fingerprint density at radius 3 is 3.00 bits per heavy atom. The Kier molecular flexibility index (Phi) is 3.34. The number of hydrogen-bond acceptors (Lipinski definition) is 4. The second-order valence-corrected chi connectivity index (χ2v) is 3.80. The summed E-state index contributed by atoms with van der Waals surface area (Å²) in [5, 5.41) is 6.29. The van der Waals surface area contributed by atoms with Crippen LogP contribution in [0.25, 0.3) is 0 Å². The van der Waals surface area contributed by atoms with Crippen LogP contribution in [0.4, 0.5) is 0 Å². The molecule has 0 fully saturated rings. The van der Waals surface area contributed by atoms with Gasteiger partial charge in [-0.15, -0.1) is 0 Å². The first kappa shape index (κ1) is 11.5. The molecule has 90 valence electrons. The minimum Gasteiger partial charge on any atom is -0.333 e. The van der Waals surface area contributed by atoms with Crippen LogP contribution in [0, 0.1) is 0 Å². The number of rotatable bonds is 4. The van der Waals surface area contributed by atoms with Crippen LogP contribution < -0.4 is 11.3 Å². The molecule has 2 aromatic rings. The van der Waals surface area contributed by atoms with Crippen LogP contribution in [-0.4, -0.2) is 19.7 Å². The monoisotopic (exact) mass is 233 g/mol. The molecule has 0 aliphatic carbocycles. The molecular formula is C11H15N5O. The Morgan fingerprint density at radius 1 is 1.53 bits per heavy atom. The second kappa shape index (κ2) is 4.92. The van der Waals surface area contributed by atoms with Gasteiger partial charge in [-0.3, -0.25) is 4.79 Å². The van der Waals surface area contributed by atoms with Crippen molar-refractivity contribution in [2.45, 2.75) is 25.9 Å². The average molecular weight is 233 g/mol. The van der Waals surface area contributed by atoms with Crippen LogP contribution in [-0.2, 0) is 6.54 Å². The first-order chi connectivity index (χ1) is 8.22. The number of nitrogens with zero attached hydrogens (tertiary/aromatic N) is 3. The summed E-state index contributed by atoms with van der Waals surface area (Å²) in [4.78, 5) is 15.2. The van der Waals surface area contributed by atoms with Crippen LogP contribution in [0.15, 0.2) is 29.3 Å². The van der Waals surface area contributed by atoms with E-state index in [4.69, 9.17) is 5.73 Å². The van der Waals surface area contributed by atoms with Gasteiger partial charge in [-0.05, 0) is 12.5 Å². The molecule has 6 nitrogen and oxygen atoms in total. The minimum absolute atomic E-state index is 0.238. The van der Waals surface area contributed by atoms with Crippen LogP contribution in [0.1, 0.15) is 30.9 Å². The summed E-state index contributed by atoms with van der Waals surface area (Å²) in [7, 11) is 0. The molecule has 0 aromatic carbocycles. The standard InChI is InChI=1S/C11H15N5O/c1-2-6-16-7-5-13-11(16)10(12)8-3-4-9(17)15-14-8/h3-5,7,10H,2,6,12H2,1H3,(H,15,17). The Morgan fingerprint density at radius 2 is 2.35 bits per heavy atom. The third-order valence-corrected chi connectivity index (χ3v) is 2.51. The number of hydrogen-bond donors (Lipinski definition) is 2. The molecule has 17 heavy (non-hydrogen) atoms. The van der Waals surface area contributed by atoms with E-state index in [-0.39, 0.29) is 5.56 Å². The summed E-state index contributed by atoms with van der Waals surface area (Å²) >= 11 is 0. The fourth-order valence-electron chi connectivity index (χ4n) is 1.69. The molecular weight excluding hydrogens is 218 g/mol. The lowest BCUT2D eigenvalue weighted by atomic mass is 10.2. The van der Waals surface area contributed by atoms with Crippen molar-refractivity contribution in [2.75, 3.05) is 0 Å². The highest BCUT2D eigenvalue weighted by molar-refractivity contribution is 5.15. The van der Waals surface area contributed by atoms with E-state index in [0.29, 0.717) is 5.69 Å². The molecule has 1 unspecified atom stereocenters. The number of nitrogens with two attached hydrogens (primary N) is 1. The summed E-state index contributed by atoms with van der Waals surface area (Å²) in [6.45, 7) is 2.96. The molecule has 2 heterocycles. The third-order valence-electron chi connectivity index (χ3n) is 2.51. The molecule has 2 aromatic heterocycles. The van der Waals surface area contributed by atoms with Gasteiger partial charge in [0.25, 0.3) is 5.56 Å². The summed E-state index contributed by atoms with van der Waals surface area (Å²) in [5.41, 5.74) is 6.44. The Bertz CT molecular complexity index is 524. The number of nitrogens with one attached hydrogen (secondary N) is 1. The van der Waals surface area contributed by atoms with Crippen LogP contribution >= 0.6 is 0 Å². The summed E-state index contributed by atoms with van der Waals surface area (Å²) < 4.78 is 2.00. The first-order valence-corrected chi connectivity index (χ1v) is 5.54. The van der Waals surface area contributed by atoms with Crippen LogP contribution in [0.3, 0.4) is 0 Å². The lowest BCUT2D eigenvalue weighted by Gasteiger charge is -2.12. The van der Waals surface area contributed by atoms with Crippen molar-refractivity contribution in [3.8, 4) is 0 Å². The molecule has 1 atom stereocenters. The molecule has 0 radical (unpaired) electrons. The number of aromatic nitrogens is 4. The molecule has 0 saturated carbocycles. The van der Waals surface area contributed by atoms with E-state index >= 15 is 0 Å². The predicted molar refractivity (Wildman–Crippen MR) is 63.4 cm³/mol. The molecule has 0 saturated heterocycles. The molecule has 0 aliphatic rings. The van der Waals surface area contributed by atoms with Crippen LogP contribution in [0.2, 0.25) is 0 Å². The second-order valence-electron chi connectivity index (χ2n) is 3.80. The zero-order chi connectivity index (χ0) is 12.3. The quantitative estimate of drug-likeness (QED) is 0.801. The van der Waals surface area contributed by atoms with Gasteiger partial charge in [-0.2, -0.15) is 5.10 Å². The maximum atomic E-state index is 10.9. The fourth-order valence-corrected chi connectivity index (χ4v) is 1.69. The zero-order valence-electron chi connectivity index (χ0n) is 9.63. The van der Waals surface area contributed by atoms with Gasteiger partial charge in [-0.25, -0.2) is 10.1 Å². The molecule has 0 amide bonds. The van der Waals surface area contributed by atoms with Crippen molar-refractivity contribution >= 4 is 0 Å². The van der Waals surface area contributed by atoms with E-state index in [1.54, 1.807) is 12.3 Å². The van der Waals surface area contributed by atoms with E-state index in [2.05, 4.69) is 22.1 Å². The number of aromatic amines is 1. The normalized spacial score (nSPS) is 12.6. The largest absolute Gasteiger partial charge is 0.333 e. The van der Waals surface area contributed by atoms with Crippen molar-refractivity contribution in [3.05, 3.63) is 46.4 Å². The van der Waals surface area contributed by atoms with Gasteiger partial charge in [0, 0.05) is 25.0 Å². The van der Waals surface area contributed by atoms with Gasteiger partial charge < -0.3 is 10.3 Å². The molecule has 2 rings (SSSR count). The first-order valence-electron chi connectivity index (χ1n) is 5.54. The van der Waals surface area contributed by atoms with E-state index in [1.807, 2.05) is 10.8 Å². The maximum absolute atomic E-state index is 10.9. The molecule has 0 bridgehead atoms. The fraction of sp³-hybridized carbons (Fsp3) is 0.364. The number of aryl methyl sites for hydroxylation is 1. The highest BCUT2D eigenvalue weighted by Crippen LogP contribution is 2.14. The lowest BCUT2D eigenvalue weighted by Crippen LogP contribution is -2.21. The van der Waals surface area contributed by atoms with Gasteiger partial charge in [0.15, 0.2) is 0 Å². The average Bonchev–Trinajstić information content (AvgIpc) is 2.78. The highest BCUT2D eigenvalue weighted by Gasteiger charge is 2.15.